The van der Waals surface area contributed by atoms with Gasteiger partial charge < -0.3 is 5.32 Å². The summed E-state index contributed by atoms with van der Waals surface area (Å²) >= 11 is 0. The maximum absolute atomic E-state index is 12.3. The number of aromatic nitrogens is 2. The maximum Gasteiger partial charge on any atom is 0.435 e. The van der Waals surface area contributed by atoms with Gasteiger partial charge in [0.2, 0.25) is 0 Å². The lowest BCUT2D eigenvalue weighted by Crippen LogP contribution is -2.11. The maximum atomic E-state index is 12.3. The van der Waals surface area contributed by atoms with Crippen molar-refractivity contribution in [3.8, 4) is 0 Å². The molecule has 2 aromatic rings. The van der Waals surface area contributed by atoms with Gasteiger partial charge in [0, 0.05) is 6.54 Å². The van der Waals surface area contributed by atoms with Gasteiger partial charge in [-0.05, 0) is 30.5 Å². The minimum Gasteiger partial charge on any atom is -0.369 e. The van der Waals surface area contributed by atoms with E-state index in [-0.39, 0.29) is 0 Å². The molecule has 0 aliphatic rings. The van der Waals surface area contributed by atoms with E-state index in [2.05, 4.69) is 15.5 Å². The molecule has 3 nitrogen and oxygen atoms in total. The summed E-state index contributed by atoms with van der Waals surface area (Å²) in [7, 11) is 0. The van der Waals surface area contributed by atoms with Crippen LogP contribution >= 0.6 is 0 Å². The van der Waals surface area contributed by atoms with E-state index in [1.54, 1.807) is 0 Å². The van der Waals surface area contributed by atoms with Crippen LogP contribution in [0.3, 0.4) is 0 Å². The lowest BCUT2D eigenvalue weighted by atomic mass is 10.1. The summed E-state index contributed by atoms with van der Waals surface area (Å²) in [6, 6.07) is 12.2. The first-order chi connectivity index (χ1) is 9.55. The molecule has 1 aromatic carbocycles. The Morgan fingerprint density at radius 1 is 0.950 bits per heavy atom. The molecular formula is C14H14F3N3. The van der Waals surface area contributed by atoms with E-state index in [1.165, 1.54) is 11.6 Å². The molecule has 0 amide bonds. The third-order valence-corrected chi connectivity index (χ3v) is 2.75. The van der Waals surface area contributed by atoms with Crippen LogP contribution in [-0.2, 0) is 12.6 Å². The third-order valence-electron chi connectivity index (χ3n) is 2.75. The zero-order valence-electron chi connectivity index (χ0n) is 10.7. The highest BCUT2D eigenvalue weighted by Crippen LogP contribution is 2.26. The topological polar surface area (TPSA) is 37.8 Å². The molecule has 0 bridgehead atoms. The van der Waals surface area contributed by atoms with Crippen molar-refractivity contribution < 1.29 is 13.2 Å². The van der Waals surface area contributed by atoms with Crippen molar-refractivity contribution in [2.24, 2.45) is 0 Å². The van der Waals surface area contributed by atoms with Crippen LogP contribution < -0.4 is 5.32 Å². The Labute approximate surface area is 114 Å². The van der Waals surface area contributed by atoms with Gasteiger partial charge in [-0.25, -0.2) is 0 Å². The highest BCUT2D eigenvalue weighted by molar-refractivity contribution is 5.33. The molecule has 0 aliphatic carbocycles. The van der Waals surface area contributed by atoms with E-state index in [0.717, 1.165) is 18.9 Å². The molecule has 0 unspecified atom stereocenters. The number of aryl methyl sites for hydroxylation is 1. The molecule has 0 aliphatic heterocycles. The van der Waals surface area contributed by atoms with Crippen molar-refractivity contribution in [3.63, 3.8) is 0 Å². The van der Waals surface area contributed by atoms with Crippen molar-refractivity contribution in [2.45, 2.75) is 19.0 Å². The smallest absolute Gasteiger partial charge is 0.369 e. The molecule has 6 heteroatoms. The number of nitrogens with zero attached hydrogens (tertiary/aromatic N) is 2. The average Bonchev–Trinajstić information content (AvgIpc) is 2.44. The highest BCUT2D eigenvalue weighted by Gasteiger charge is 2.32. The average molecular weight is 281 g/mol. The highest BCUT2D eigenvalue weighted by atomic mass is 19.4. The van der Waals surface area contributed by atoms with Gasteiger partial charge in [-0.1, -0.05) is 30.3 Å². The summed E-state index contributed by atoms with van der Waals surface area (Å²) < 4.78 is 36.9. The van der Waals surface area contributed by atoms with Gasteiger partial charge in [-0.15, -0.1) is 10.2 Å². The Morgan fingerprint density at radius 2 is 1.70 bits per heavy atom. The molecule has 20 heavy (non-hydrogen) atoms. The number of nitrogens with one attached hydrogen (secondary N) is 1. The standard InChI is InChI=1S/C14H14F3N3/c15-14(16,17)12-8-9-13(20-19-12)18-10-4-7-11-5-2-1-3-6-11/h1-3,5-6,8-9H,4,7,10H2,(H,18,20). The molecular weight excluding hydrogens is 267 g/mol. The van der Waals surface area contributed by atoms with E-state index in [9.17, 15) is 13.2 Å². The first-order valence-corrected chi connectivity index (χ1v) is 6.24. The van der Waals surface area contributed by atoms with E-state index >= 15 is 0 Å². The molecule has 0 radical (unpaired) electrons. The van der Waals surface area contributed by atoms with E-state index in [4.69, 9.17) is 0 Å². The number of anilines is 1. The summed E-state index contributed by atoms with van der Waals surface area (Å²) in [5, 5.41) is 9.61. The zero-order chi connectivity index (χ0) is 14.4. The van der Waals surface area contributed by atoms with E-state index < -0.39 is 11.9 Å². The van der Waals surface area contributed by atoms with Gasteiger partial charge in [-0.3, -0.25) is 0 Å². The fourth-order valence-electron chi connectivity index (χ4n) is 1.73. The summed E-state index contributed by atoms with van der Waals surface area (Å²) in [4.78, 5) is 0. The Bertz CT molecular complexity index is 524. The van der Waals surface area contributed by atoms with Crippen LogP contribution in [-0.4, -0.2) is 16.7 Å². The number of halogens is 3. The van der Waals surface area contributed by atoms with Crippen molar-refractivity contribution in [2.75, 3.05) is 11.9 Å². The van der Waals surface area contributed by atoms with Crippen LogP contribution in [0.2, 0.25) is 0 Å². The second kappa shape index (κ2) is 6.36. The molecule has 0 saturated carbocycles. The lowest BCUT2D eigenvalue weighted by molar-refractivity contribution is -0.141. The Kier molecular flexibility index (Phi) is 4.55. The zero-order valence-corrected chi connectivity index (χ0v) is 10.7. The van der Waals surface area contributed by atoms with Gasteiger partial charge in [0.05, 0.1) is 0 Å². The predicted molar refractivity (Wildman–Crippen MR) is 70.3 cm³/mol. The second-order valence-electron chi connectivity index (χ2n) is 4.32. The molecule has 0 saturated heterocycles. The van der Waals surface area contributed by atoms with Gasteiger partial charge >= 0.3 is 6.18 Å². The fourth-order valence-corrected chi connectivity index (χ4v) is 1.73. The molecule has 106 valence electrons. The van der Waals surface area contributed by atoms with Crippen molar-refractivity contribution in [1.29, 1.82) is 0 Å². The third kappa shape index (κ3) is 4.22. The Morgan fingerprint density at radius 3 is 2.30 bits per heavy atom. The van der Waals surface area contributed by atoms with Crippen molar-refractivity contribution >= 4 is 5.82 Å². The number of rotatable bonds is 5. The SMILES string of the molecule is FC(F)(F)c1ccc(NCCCc2ccccc2)nn1. The fraction of sp³-hybridized carbons (Fsp3) is 0.286. The summed E-state index contributed by atoms with van der Waals surface area (Å²) in [6.45, 7) is 0.634. The van der Waals surface area contributed by atoms with Crippen molar-refractivity contribution in [3.05, 3.63) is 53.7 Å². The van der Waals surface area contributed by atoms with Gasteiger partial charge in [0.15, 0.2) is 5.69 Å². The van der Waals surface area contributed by atoms with Crippen molar-refractivity contribution in [1.82, 2.24) is 10.2 Å². The van der Waals surface area contributed by atoms with E-state index in [1.807, 2.05) is 30.3 Å². The minimum atomic E-state index is -4.45. The largest absolute Gasteiger partial charge is 0.435 e. The Hall–Kier alpha value is -2.11. The Balaban J connectivity index is 1.77. The van der Waals surface area contributed by atoms with Crippen LogP contribution in [0.4, 0.5) is 19.0 Å². The normalized spacial score (nSPS) is 11.3. The summed E-state index contributed by atoms with van der Waals surface area (Å²) in [5.41, 5.74) is 0.250. The molecule has 1 heterocycles. The number of benzene rings is 1. The second-order valence-corrected chi connectivity index (χ2v) is 4.32. The number of hydrogen-bond donors (Lipinski definition) is 1. The van der Waals surface area contributed by atoms with Crippen LogP contribution in [0.1, 0.15) is 17.7 Å². The molecule has 0 atom stereocenters. The molecule has 2 rings (SSSR count). The first kappa shape index (κ1) is 14.3. The summed E-state index contributed by atoms with van der Waals surface area (Å²) in [6.07, 6.45) is -2.67. The van der Waals surface area contributed by atoms with Gasteiger partial charge in [0.1, 0.15) is 5.82 Å². The van der Waals surface area contributed by atoms with Crippen LogP contribution in [0, 0.1) is 0 Å². The quantitative estimate of drug-likeness (QED) is 0.852. The monoisotopic (exact) mass is 281 g/mol. The van der Waals surface area contributed by atoms with Crippen LogP contribution in [0.5, 0.6) is 0 Å². The lowest BCUT2D eigenvalue weighted by Gasteiger charge is -2.07. The minimum absolute atomic E-state index is 0.353. The first-order valence-electron chi connectivity index (χ1n) is 6.24. The van der Waals surface area contributed by atoms with Crippen LogP contribution in [0.15, 0.2) is 42.5 Å². The summed E-state index contributed by atoms with van der Waals surface area (Å²) in [5.74, 6) is 0.353. The molecule has 1 aromatic heterocycles. The molecule has 0 fully saturated rings. The van der Waals surface area contributed by atoms with Crippen LogP contribution in [0.25, 0.3) is 0 Å². The van der Waals surface area contributed by atoms with E-state index in [0.29, 0.717) is 12.4 Å². The van der Waals surface area contributed by atoms with Gasteiger partial charge in [-0.2, -0.15) is 13.2 Å². The van der Waals surface area contributed by atoms with Gasteiger partial charge in [0.25, 0.3) is 0 Å². The predicted octanol–water partition coefficient (Wildman–Crippen LogP) is 3.54. The number of alkyl halides is 3. The molecule has 0 spiro atoms. The molecule has 1 N–H and O–H groups in total. The number of hydrogen-bond acceptors (Lipinski definition) is 3.